The highest BCUT2D eigenvalue weighted by Gasteiger charge is 2.93. The summed E-state index contributed by atoms with van der Waals surface area (Å²) in [5.74, 6) is 2.96. The molecule has 61 heavy (non-hydrogen) atoms. The van der Waals surface area contributed by atoms with Crippen LogP contribution in [0.5, 0.6) is 0 Å². The van der Waals surface area contributed by atoms with Crippen molar-refractivity contribution in [1.29, 1.82) is 0 Å². The van der Waals surface area contributed by atoms with Crippen molar-refractivity contribution in [2.75, 3.05) is 26.2 Å². The molecule has 322 valence electrons. The van der Waals surface area contributed by atoms with Crippen molar-refractivity contribution in [2.24, 2.45) is 63.9 Å². The largest absolute Gasteiger partial charge is 0.509 e. The summed E-state index contributed by atoms with van der Waals surface area (Å²) in [4.78, 5) is 36.4. The maximum absolute atomic E-state index is 15.9. The first-order valence-corrected chi connectivity index (χ1v) is 24.8. The van der Waals surface area contributed by atoms with E-state index < -0.39 is 16.4 Å². The first kappa shape index (κ1) is 37.9. The van der Waals surface area contributed by atoms with Gasteiger partial charge >= 0.3 is 11.9 Å². The van der Waals surface area contributed by atoms with Crippen molar-refractivity contribution in [1.82, 2.24) is 9.80 Å². The van der Waals surface area contributed by atoms with E-state index in [1.54, 1.807) is 5.70 Å². The number of benzene rings is 1. The van der Waals surface area contributed by atoms with Crippen molar-refractivity contribution < 1.29 is 24.2 Å². The molecule has 3 saturated heterocycles. The van der Waals surface area contributed by atoms with E-state index in [4.69, 9.17) is 15.2 Å². The molecular weight excluding hydrogens is 759 g/mol. The van der Waals surface area contributed by atoms with E-state index in [9.17, 15) is 9.90 Å². The lowest BCUT2D eigenvalue weighted by molar-refractivity contribution is -0.279. The summed E-state index contributed by atoms with van der Waals surface area (Å²) in [5.41, 5.74) is 12.5. The summed E-state index contributed by atoms with van der Waals surface area (Å²) >= 11 is 0. The third-order valence-corrected chi connectivity index (χ3v) is 19.4. The molecule has 9 aliphatic heterocycles. The molecule has 15 aliphatic rings. The number of piperidine rings is 2. The minimum absolute atomic E-state index is 0.144. The number of aliphatic hydroxyl groups excluding tert-OH is 1. The molecule has 6 fully saturated rings. The molecule has 1 aromatic rings. The van der Waals surface area contributed by atoms with Gasteiger partial charge in [-0.05, 0) is 129 Å². The number of carbonyl (C=O) groups is 2. The number of carbonyl (C=O) groups excluding carboxylic acids is 2. The third-order valence-electron chi connectivity index (χ3n) is 19.4. The van der Waals surface area contributed by atoms with Crippen LogP contribution < -0.4 is 5.73 Å². The lowest BCUT2D eigenvalue weighted by Gasteiger charge is -2.72. The predicted molar refractivity (Wildman–Crippen MR) is 233 cm³/mol. The number of aryl methyl sites for hydroxylation is 1. The zero-order chi connectivity index (χ0) is 41.2. The van der Waals surface area contributed by atoms with Gasteiger partial charge in [0.1, 0.15) is 11.2 Å². The van der Waals surface area contributed by atoms with Crippen LogP contribution in [0.3, 0.4) is 0 Å². The fourth-order valence-corrected chi connectivity index (χ4v) is 17.4. The Balaban J connectivity index is 1.09. The van der Waals surface area contributed by atoms with Gasteiger partial charge in [-0.15, -0.1) is 0 Å². The van der Waals surface area contributed by atoms with Gasteiger partial charge in [-0.3, -0.25) is 9.69 Å². The fraction of sp³-hybridized carbons (Fsp3) is 0.660. The molecule has 13 unspecified atom stereocenters. The monoisotopic (exact) mass is 823 g/mol. The van der Waals surface area contributed by atoms with Crippen LogP contribution in [0.25, 0.3) is 0 Å². The van der Waals surface area contributed by atoms with Crippen LogP contribution in [0.2, 0.25) is 0 Å². The van der Waals surface area contributed by atoms with Crippen LogP contribution in [-0.4, -0.2) is 65.1 Å². The molecule has 12 bridgehead atoms. The van der Waals surface area contributed by atoms with E-state index in [1.807, 2.05) is 0 Å². The average Bonchev–Trinajstić information content (AvgIpc) is 3.72. The first-order chi connectivity index (χ1) is 29.7. The van der Waals surface area contributed by atoms with Crippen molar-refractivity contribution in [3.8, 4) is 0 Å². The smallest absolute Gasteiger partial charge is 0.339 e. The van der Waals surface area contributed by atoms with Crippen LogP contribution in [0.15, 0.2) is 75.9 Å². The fourth-order valence-electron chi connectivity index (χ4n) is 17.4. The number of ether oxygens (including phenoxy) is 2. The molecule has 8 nitrogen and oxygen atoms in total. The minimum Gasteiger partial charge on any atom is -0.509 e. The molecule has 9 heterocycles. The molecule has 0 radical (unpaired) electrons. The van der Waals surface area contributed by atoms with Gasteiger partial charge in [0.15, 0.2) is 11.4 Å². The highest BCUT2D eigenvalue weighted by molar-refractivity contribution is 6.01. The summed E-state index contributed by atoms with van der Waals surface area (Å²) in [5, 5.41) is 13.2. The summed E-state index contributed by atoms with van der Waals surface area (Å²) in [6.07, 6.45) is 23.6. The zero-order valence-corrected chi connectivity index (χ0v) is 36.4. The quantitative estimate of drug-likeness (QED) is 0.284. The van der Waals surface area contributed by atoms with Gasteiger partial charge in [-0.1, -0.05) is 88.0 Å². The highest BCUT2D eigenvalue weighted by Crippen LogP contribution is 2.88. The van der Waals surface area contributed by atoms with E-state index in [2.05, 4.69) is 60.1 Å². The van der Waals surface area contributed by atoms with E-state index in [0.29, 0.717) is 78.7 Å². The zero-order valence-electron chi connectivity index (χ0n) is 36.4. The Kier molecular flexibility index (Phi) is 8.21. The van der Waals surface area contributed by atoms with E-state index in [0.717, 1.165) is 75.7 Å². The lowest BCUT2D eigenvalue weighted by Crippen LogP contribution is -2.77. The number of rotatable bonds is 5. The van der Waals surface area contributed by atoms with Crippen LogP contribution in [-0.2, 0) is 26.3 Å². The second-order valence-electron chi connectivity index (χ2n) is 22.3. The van der Waals surface area contributed by atoms with Gasteiger partial charge in [0.05, 0.1) is 17.0 Å². The van der Waals surface area contributed by atoms with Crippen molar-refractivity contribution in [3.05, 3.63) is 92.6 Å². The number of hydrogen-bond donors (Lipinski definition) is 2. The van der Waals surface area contributed by atoms with Crippen LogP contribution in [0.1, 0.15) is 132 Å². The normalized spacial score (nSPS) is 43.9. The Hall–Kier alpha value is -3.62. The van der Waals surface area contributed by atoms with E-state index in [1.165, 1.54) is 60.8 Å². The molecule has 0 amide bonds. The van der Waals surface area contributed by atoms with Crippen LogP contribution >= 0.6 is 0 Å². The molecule has 13 atom stereocenters. The Bertz CT molecular complexity index is 2300. The maximum atomic E-state index is 15.9. The van der Waals surface area contributed by atoms with Gasteiger partial charge in [0.2, 0.25) is 0 Å². The van der Waals surface area contributed by atoms with E-state index in [-0.39, 0.29) is 35.6 Å². The van der Waals surface area contributed by atoms with Gasteiger partial charge in [0, 0.05) is 55.2 Å². The summed E-state index contributed by atoms with van der Waals surface area (Å²) in [7, 11) is 0. The number of nitrogens with two attached hydrogens (primary N) is 1. The first-order valence-electron chi connectivity index (χ1n) is 24.8. The second-order valence-corrected chi connectivity index (χ2v) is 22.3. The Morgan fingerprint density at radius 2 is 1.87 bits per heavy atom. The maximum Gasteiger partial charge on any atom is 0.339 e. The lowest BCUT2D eigenvalue weighted by atomic mass is 9.28. The molecule has 3 spiro atoms. The summed E-state index contributed by atoms with van der Waals surface area (Å²) in [6.45, 7) is 8.51. The second kappa shape index (κ2) is 13.2. The highest BCUT2D eigenvalue weighted by atomic mass is 16.6. The average molecular weight is 824 g/mol. The number of aliphatic hydroxyl groups is 1. The molecule has 6 aliphatic carbocycles. The number of nitrogens with zero attached hydrogens (tertiary/aromatic N) is 2. The molecule has 1 aromatic carbocycles. The van der Waals surface area contributed by atoms with Crippen molar-refractivity contribution >= 4 is 11.9 Å². The Morgan fingerprint density at radius 3 is 2.72 bits per heavy atom. The Morgan fingerprint density at radius 1 is 1.00 bits per heavy atom. The number of hydrogen-bond acceptors (Lipinski definition) is 8. The number of fused-ring (bicyclic) bond motifs is 3. The standard InChI is InChI=1S/C53H65N3O5/c1-29-13-14-34-24-39-30(2)21-35-15-16-41-36-22-32-26-55(28-36)37(23-31-8-4-3-5-9-31)25-42(57)48-51-18-17-38(45(39)47(35)56(41)27-32)46(34)52(51,50(59)60-48)43(20-29)53(51)40-12-6-10-33(11-7-19-54)44(40)49(58)61-53/h6,10,12,15-16,24,29-32,36-37,39,41,43,45,57H,3-5,7-9,11,13-14,17-23,25-28,54H2,1-2H3. The molecule has 8 heteroatoms. The third kappa shape index (κ3) is 4.65. The predicted octanol–water partition coefficient (Wildman–Crippen LogP) is 9.18. The number of allylic oxidation sites excluding steroid dienone is 5. The summed E-state index contributed by atoms with van der Waals surface area (Å²) < 4.78 is 14.1. The Labute approximate surface area is 361 Å². The number of esters is 2. The molecule has 16 rings (SSSR count). The molecule has 3 saturated carbocycles. The van der Waals surface area contributed by atoms with Gasteiger partial charge < -0.3 is 25.2 Å². The SMILES string of the molecule is CC1CCC2=CC3C(C)CC4=C5C3C3=C2C26C(=O)OC(=C(O)CC(CC7CCCCC7)N7CC8CC(C7)C(C=C4)N5C8)C2(CC3)C2(OC(=O)c3c(CCCN)cccc32)C6C1. The van der Waals surface area contributed by atoms with E-state index >= 15 is 4.79 Å². The van der Waals surface area contributed by atoms with Gasteiger partial charge in [-0.25, -0.2) is 4.79 Å². The van der Waals surface area contributed by atoms with Crippen molar-refractivity contribution in [2.45, 2.75) is 134 Å². The molecular formula is C53H65N3O5. The van der Waals surface area contributed by atoms with Crippen LogP contribution in [0.4, 0.5) is 0 Å². The topological polar surface area (TPSA) is 105 Å². The van der Waals surface area contributed by atoms with Gasteiger partial charge in [-0.2, -0.15) is 0 Å². The minimum atomic E-state index is -1.13. The van der Waals surface area contributed by atoms with Gasteiger partial charge in [0.25, 0.3) is 0 Å². The summed E-state index contributed by atoms with van der Waals surface area (Å²) in [6, 6.07) is 6.80. The van der Waals surface area contributed by atoms with Crippen molar-refractivity contribution in [3.63, 3.8) is 0 Å². The molecule has 0 aromatic heterocycles. The molecule has 3 N–H and O–H groups in total. The van der Waals surface area contributed by atoms with Crippen LogP contribution in [0, 0.1) is 58.2 Å².